The van der Waals surface area contributed by atoms with Gasteiger partial charge in [0.25, 0.3) is 5.91 Å². The number of benzene rings is 2. The zero-order valence-electron chi connectivity index (χ0n) is 16.2. The van der Waals surface area contributed by atoms with Crippen LogP contribution in [0.15, 0.2) is 54.6 Å². The number of carbonyl (C=O) groups excluding carboxylic acids is 2. The Kier molecular flexibility index (Phi) is 7.41. The molecular weight excluding hydrogens is 340 g/mol. The fourth-order valence-electron chi connectivity index (χ4n) is 2.48. The fourth-order valence-corrected chi connectivity index (χ4v) is 2.48. The van der Waals surface area contributed by atoms with E-state index < -0.39 is 0 Å². The van der Waals surface area contributed by atoms with Crippen molar-refractivity contribution < 1.29 is 14.3 Å². The Balaban J connectivity index is 1.62. The van der Waals surface area contributed by atoms with E-state index in [-0.39, 0.29) is 30.4 Å². The Morgan fingerprint density at radius 3 is 2.19 bits per heavy atom. The quantitative estimate of drug-likeness (QED) is 0.753. The highest BCUT2D eigenvalue weighted by Crippen LogP contribution is 2.22. The molecule has 2 aromatic carbocycles. The molecule has 0 bridgehead atoms. The van der Waals surface area contributed by atoms with Gasteiger partial charge in [0.05, 0.1) is 6.54 Å². The van der Waals surface area contributed by atoms with Gasteiger partial charge in [-0.3, -0.25) is 9.59 Å². The Morgan fingerprint density at radius 2 is 1.56 bits per heavy atom. The Morgan fingerprint density at radius 1 is 0.889 bits per heavy atom. The molecule has 0 aliphatic heterocycles. The summed E-state index contributed by atoms with van der Waals surface area (Å²) in [6.07, 6.45) is 0.751. The van der Waals surface area contributed by atoms with Gasteiger partial charge in [-0.1, -0.05) is 63.2 Å². The number of carbonyl (C=O) groups is 2. The van der Waals surface area contributed by atoms with Crippen LogP contribution < -0.4 is 15.4 Å². The first-order chi connectivity index (χ1) is 12.8. The van der Waals surface area contributed by atoms with Crippen LogP contribution in [-0.2, 0) is 21.4 Å². The number of rotatable bonds is 8. The summed E-state index contributed by atoms with van der Waals surface area (Å²) in [6.45, 7) is 6.91. The zero-order chi connectivity index (χ0) is 19.7. The molecule has 0 spiro atoms. The summed E-state index contributed by atoms with van der Waals surface area (Å²) in [5.41, 5.74) is 2.59. The lowest BCUT2D eigenvalue weighted by Gasteiger charge is -2.19. The van der Waals surface area contributed by atoms with Gasteiger partial charge in [-0.2, -0.15) is 0 Å². The second-order valence-electron chi connectivity index (χ2n) is 7.43. The molecule has 144 valence electrons. The van der Waals surface area contributed by atoms with Crippen molar-refractivity contribution in [3.63, 3.8) is 0 Å². The molecule has 0 aliphatic rings. The normalized spacial score (nSPS) is 10.9. The van der Waals surface area contributed by atoms with Gasteiger partial charge < -0.3 is 15.4 Å². The number of hydrogen-bond donors (Lipinski definition) is 2. The minimum absolute atomic E-state index is 0.0556. The summed E-state index contributed by atoms with van der Waals surface area (Å²) in [6, 6.07) is 17.5. The molecule has 0 unspecified atom stereocenters. The van der Waals surface area contributed by atoms with Crippen LogP contribution in [0.2, 0.25) is 0 Å². The molecule has 0 saturated heterocycles. The van der Waals surface area contributed by atoms with E-state index in [9.17, 15) is 9.59 Å². The van der Waals surface area contributed by atoms with Crippen LogP contribution in [0.4, 0.5) is 0 Å². The number of para-hydroxylation sites is 1. The second-order valence-corrected chi connectivity index (χ2v) is 7.43. The maximum atomic E-state index is 11.8. The third kappa shape index (κ3) is 7.52. The zero-order valence-corrected chi connectivity index (χ0v) is 16.2. The third-order valence-corrected chi connectivity index (χ3v) is 4.12. The van der Waals surface area contributed by atoms with Crippen molar-refractivity contribution in [1.82, 2.24) is 10.6 Å². The van der Waals surface area contributed by atoms with Crippen LogP contribution in [0, 0.1) is 0 Å². The molecule has 0 atom stereocenters. The van der Waals surface area contributed by atoms with E-state index in [1.54, 1.807) is 12.1 Å². The van der Waals surface area contributed by atoms with Crippen LogP contribution in [0.25, 0.3) is 0 Å². The summed E-state index contributed by atoms with van der Waals surface area (Å²) in [5.74, 6) is 0.0794. The van der Waals surface area contributed by atoms with Gasteiger partial charge >= 0.3 is 0 Å². The highest BCUT2D eigenvalue weighted by molar-refractivity contribution is 5.85. The first-order valence-corrected chi connectivity index (χ1v) is 9.15. The summed E-state index contributed by atoms with van der Waals surface area (Å²) in [7, 11) is 0. The molecule has 2 aromatic rings. The molecule has 0 radical (unpaired) electrons. The van der Waals surface area contributed by atoms with E-state index in [4.69, 9.17) is 4.74 Å². The first kappa shape index (κ1) is 20.5. The van der Waals surface area contributed by atoms with Gasteiger partial charge in [-0.25, -0.2) is 0 Å². The van der Waals surface area contributed by atoms with Gasteiger partial charge in [-0.05, 0) is 35.1 Å². The summed E-state index contributed by atoms with van der Waals surface area (Å²) in [4.78, 5) is 23.5. The van der Waals surface area contributed by atoms with Gasteiger partial charge in [-0.15, -0.1) is 0 Å². The monoisotopic (exact) mass is 368 g/mol. The minimum Gasteiger partial charge on any atom is -0.484 e. The maximum Gasteiger partial charge on any atom is 0.258 e. The second kappa shape index (κ2) is 9.76. The highest BCUT2D eigenvalue weighted by Gasteiger charge is 2.12. The topological polar surface area (TPSA) is 67.4 Å². The van der Waals surface area contributed by atoms with Crippen LogP contribution in [0.1, 0.15) is 31.9 Å². The summed E-state index contributed by atoms with van der Waals surface area (Å²) < 4.78 is 5.33. The number of hydrogen-bond acceptors (Lipinski definition) is 3. The molecule has 0 saturated carbocycles. The number of ether oxygens (including phenoxy) is 1. The largest absolute Gasteiger partial charge is 0.484 e. The molecule has 2 N–H and O–H groups in total. The van der Waals surface area contributed by atoms with Gasteiger partial charge in [0.15, 0.2) is 6.61 Å². The van der Waals surface area contributed by atoms with Crippen molar-refractivity contribution in [3.05, 3.63) is 65.7 Å². The van der Waals surface area contributed by atoms with Crippen LogP contribution >= 0.6 is 0 Å². The number of amides is 2. The lowest BCUT2D eigenvalue weighted by Crippen LogP contribution is -2.39. The Bertz CT molecular complexity index is 734. The van der Waals surface area contributed by atoms with E-state index in [2.05, 4.69) is 55.7 Å². The lowest BCUT2D eigenvalue weighted by molar-refractivity contribution is -0.127. The molecule has 0 aliphatic carbocycles. The fraction of sp³-hybridized carbons (Fsp3) is 0.364. The summed E-state index contributed by atoms with van der Waals surface area (Å²) >= 11 is 0. The third-order valence-electron chi connectivity index (χ3n) is 4.12. The van der Waals surface area contributed by atoms with Crippen molar-refractivity contribution in [2.45, 2.75) is 32.6 Å². The van der Waals surface area contributed by atoms with E-state index >= 15 is 0 Å². The first-order valence-electron chi connectivity index (χ1n) is 9.15. The van der Waals surface area contributed by atoms with E-state index in [1.807, 2.05) is 18.2 Å². The molecule has 5 heteroatoms. The molecule has 0 aromatic heterocycles. The molecule has 0 heterocycles. The van der Waals surface area contributed by atoms with E-state index in [0.717, 1.165) is 6.42 Å². The van der Waals surface area contributed by atoms with Gasteiger partial charge in [0, 0.05) is 6.54 Å². The summed E-state index contributed by atoms with van der Waals surface area (Å²) in [5, 5.41) is 5.36. The van der Waals surface area contributed by atoms with E-state index in [1.165, 1.54) is 11.1 Å². The highest BCUT2D eigenvalue weighted by atomic mass is 16.5. The van der Waals surface area contributed by atoms with Crippen molar-refractivity contribution >= 4 is 11.8 Å². The number of nitrogens with one attached hydrogen (secondary N) is 2. The Labute approximate surface area is 161 Å². The SMILES string of the molecule is CC(C)(C)c1ccc(CCNC(=O)CNC(=O)COc2ccccc2)cc1. The van der Waals surface area contributed by atoms with Crippen molar-refractivity contribution in [3.8, 4) is 5.75 Å². The van der Waals surface area contributed by atoms with Crippen LogP contribution in [0.5, 0.6) is 5.75 Å². The van der Waals surface area contributed by atoms with Gasteiger partial charge in [0.2, 0.25) is 5.91 Å². The standard InChI is InChI=1S/C22H28N2O3/c1-22(2,3)18-11-9-17(10-12-18)13-14-23-20(25)15-24-21(26)16-27-19-7-5-4-6-8-19/h4-12H,13-16H2,1-3H3,(H,23,25)(H,24,26). The predicted octanol–water partition coefficient (Wildman–Crippen LogP) is 2.84. The lowest BCUT2D eigenvalue weighted by atomic mass is 9.86. The minimum atomic E-state index is -0.327. The van der Waals surface area contributed by atoms with Crippen LogP contribution in [-0.4, -0.2) is 31.5 Å². The molecule has 5 nitrogen and oxygen atoms in total. The molecular formula is C22H28N2O3. The van der Waals surface area contributed by atoms with Crippen LogP contribution in [0.3, 0.4) is 0 Å². The smallest absolute Gasteiger partial charge is 0.258 e. The Hall–Kier alpha value is -2.82. The van der Waals surface area contributed by atoms with Gasteiger partial charge in [0.1, 0.15) is 5.75 Å². The molecule has 0 fully saturated rings. The molecule has 27 heavy (non-hydrogen) atoms. The molecule has 2 rings (SSSR count). The predicted molar refractivity (Wildman–Crippen MR) is 107 cm³/mol. The van der Waals surface area contributed by atoms with E-state index in [0.29, 0.717) is 12.3 Å². The average molecular weight is 368 g/mol. The van der Waals surface area contributed by atoms with Crippen molar-refractivity contribution in [2.75, 3.05) is 19.7 Å². The average Bonchev–Trinajstić information content (AvgIpc) is 2.65. The van der Waals surface area contributed by atoms with Crippen molar-refractivity contribution in [1.29, 1.82) is 0 Å². The maximum absolute atomic E-state index is 11.8. The van der Waals surface area contributed by atoms with Crippen molar-refractivity contribution in [2.24, 2.45) is 0 Å². The molecule has 2 amide bonds.